The lowest BCUT2D eigenvalue weighted by Crippen LogP contribution is -2.51. The predicted molar refractivity (Wildman–Crippen MR) is 85.5 cm³/mol. The fourth-order valence-electron chi connectivity index (χ4n) is 3.33. The maximum Gasteiger partial charge on any atom is 0.113 e. The van der Waals surface area contributed by atoms with Crippen molar-refractivity contribution in [1.82, 2.24) is 15.2 Å². The van der Waals surface area contributed by atoms with E-state index in [0.29, 0.717) is 0 Å². The van der Waals surface area contributed by atoms with E-state index in [1.54, 1.807) is 4.88 Å². The second kappa shape index (κ2) is 6.12. The standard InChI is InChI=1S/C16H27N3S/c1-16(2,19-11-9-17-10-12-19)15-18-13-7-5-3-4-6-8-14(13)20-15/h17H,3-12H2,1-2H3. The Morgan fingerprint density at radius 1 is 1.05 bits per heavy atom. The number of nitrogens with one attached hydrogen (secondary N) is 1. The minimum Gasteiger partial charge on any atom is -0.314 e. The molecule has 3 nitrogen and oxygen atoms in total. The molecule has 3 rings (SSSR count). The number of hydrogen-bond acceptors (Lipinski definition) is 4. The molecule has 1 aliphatic heterocycles. The predicted octanol–water partition coefficient (Wildman–Crippen LogP) is 2.94. The van der Waals surface area contributed by atoms with E-state index in [2.05, 4.69) is 24.1 Å². The zero-order valence-electron chi connectivity index (χ0n) is 12.9. The van der Waals surface area contributed by atoms with Gasteiger partial charge in [0, 0.05) is 31.1 Å². The molecule has 0 unspecified atom stereocenters. The van der Waals surface area contributed by atoms with Crippen molar-refractivity contribution in [2.24, 2.45) is 0 Å². The van der Waals surface area contributed by atoms with Gasteiger partial charge in [-0.15, -0.1) is 11.3 Å². The van der Waals surface area contributed by atoms with Gasteiger partial charge in [0.2, 0.25) is 0 Å². The number of nitrogens with zero attached hydrogens (tertiary/aromatic N) is 2. The molecule has 0 spiro atoms. The molecule has 1 fully saturated rings. The van der Waals surface area contributed by atoms with Crippen molar-refractivity contribution in [3.8, 4) is 0 Å². The fraction of sp³-hybridized carbons (Fsp3) is 0.812. The molecule has 20 heavy (non-hydrogen) atoms. The Hall–Kier alpha value is -0.450. The number of aryl methyl sites for hydroxylation is 2. The van der Waals surface area contributed by atoms with Crippen molar-refractivity contribution in [3.05, 3.63) is 15.6 Å². The summed E-state index contributed by atoms with van der Waals surface area (Å²) in [6, 6.07) is 0. The molecule has 2 heterocycles. The first-order chi connectivity index (χ1) is 9.68. The van der Waals surface area contributed by atoms with Crippen molar-refractivity contribution in [2.75, 3.05) is 26.2 Å². The molecule has 112 valence electrons. The van der Waals surface area contributed by atoms with Crippen molar-refractivity contribution in [1.29, 1.82) is 0 Å². The smallest absolute Gasteiger partial charge is 0.113 e. The summed E-state index contributed by atoms with van der Waals surface area (Å²) in [6.45, 7) is 9.19. The third-order valence-corrected chi connectivity index (χ3v) is 6.25. The quantitative estimate of drug-likeness (QED) is 0.908. The van der Waals surface area contributed by atoms with E-state index in [-0.39, 0.29) is 5.54 Å². The molecule has 0 atom stereocenters. The van der Waals surface area contributed by atoms with E-state index >= 15 is 0 Å². The highest BCUT2D eigenvalue weighted by atomic mass is 32.1. The third kappa shape index (κ3) is 2.92. The van der Waals surface area contributed by atoms with Crippen LogP contribution in [-0.4, -0.2) is 36.1 Å². The van der Waals surface area contributed by atoms with E-state index in [9.17, 15) is 0 Å². The number of thiazole rings is 1. The molecule has 0 saturated carbocycles. The number of rotatable bonds is 2. The molecule has 0 bridgehead atoms. The van der Waals surface area contributed by atoms with Crippen molar-refractivity contribution < 1.29 is 0 Å². The van der Waals surface area contributed by atoms with Crippen LogP contribution >= 0.6 is 11.3 Å². The monoisotopic (exact) mass is 293 g/mol. The zero-order chi connectivity index (χ0) is 14.0. The van der Waals surface area contributed by atoms with Gasteiger partial charge in [0.15, 0.2) is 0 Å². The van der Waals surface area contributed by atoms with Crippen LogP contribution in [0.3, 0.4) is 0 Å². The maximum absolute atomic E-state index is 5.06. The van der Waals surface area contributed by atoms with Crippen molar-refractivity contribution in [3.63, 3.8) is 0 Å². The molecule has 2 aliphatic rings. The van der Waals surface area contributed by atoms with Gasteiger partial charge < -0.3 is 5.32 Å². The molecule has 1 aliphatic carbocycles. The van der Waals surface area contributed by atoms with Gasteiger partial charge in [-0.05, 0) is 39.5 Å². The van der Waals surface area contributed by atoms with Gasteiger partial charge in [-0.1, -0.05) is 12.8 Å². The van der Waals surface area contributed by atoms with Gasteiger partial charge in [0.1, 0.15) is 5.01 Å². The molecule has 0 amide bonds. The molecule has 4 heteroatoms. The number of piperazine rings is 1. The molecule has 1 saturated heterocycles. The van der Waals surface area contributed by atoms with Crippen LogP contribution in [0.1, 0.15) is 55.1 Å². The lowest BCUT2D eigenvalue weighted by molar-refractivity contribution is 0.102. The Morgan fingerprint density at radius 3 is 2.50 bits per heavy atom. The Morgan fingerprint density at radius 2 is 1.75 bits per heavy atom. The molecule has 1 aromatic heterocycles. The Balaban J connectivity index is 1.83. The summed E-state index contributed by atoms with van der Waals surface area (Å²) in [4.78, 5) is 9.22. The summed E-state index contributed by atoms with van der Waals surface area (Å²) >= 11 is 1.99. The number of hydrogen-bond donors (Lipinski definition) is 1. The molecular formula is C16H27N3S. The highest BCUT2D eigenvalue weighted by Gasteiger charge is 2.33. The maximum atomic E-state index is 5.06. The van der Waals surface area contributed by atoms with Crippen LogP contribution < -0.4 is 5.32 Å². The zero-order valence-corrected chi connectivity index (χ0v) is 13.7. The van der Waals surface area contributed by atoms with Crippen LogP contribution in [0.15, 0.2) is 0 Å². The minimum atomic E-state index is 0.0911. The summed E-state index contributed by atoms with van der Waals surface area (Å²) in [6.07, 6.45) is 7.91. The second-order valence-electron chi connectivity index (χ2n) is 6.60. The average molecular weight is 293 g/mol. The molecule has 1 aromatic rings. The number of fused-ring (bicyclic) bond motifs is 1. The SMILES string of the molecule is CC(C)(c1nc2c(s1)CCCCCC2)N1CCNCC1. The minimum absolute atomic E-state index is 0.0911. The van der Waals surface area contributed by atoms with E-state index in [0.717, 1.165) is 26.2 Å². The van der Waals surface area contributed by atoms with Crippen LogP contribution in [0.2, 0.25) is 0 Å². The molecule has 0 radical (unpaired) electrons. The lowest BCUT2D eigenvalue weighted by atomic mass is 10.0. The molecule has 1 N–H and O–H groups in total. The van der Waals surface area contributed by atoms with Gasteiger partial charge in [-0.2, -0.15) is 0 Å². The normalized spacial score (nSPS) is 22.1. The topological polar surface area (TPSA) is 28.2 Å². The molecular weight excluding hydrogens is 266 g/mol. The van der Waals surface area contributed by atoms with Crippen LogP contribution in [0.5, 0.6) is 0 Å². The Kier molecular flexibility index (Phi) is 4.43. The average Bonchev–Trinajstić information content (AvgIpc) is 2.83. The van der Waals surface area contributed by atoms with Crippen LogP contribution in [-0.2, 0) is 18.4 Å². The lowest BCUT2D eigenvalue weighted by Gasteiger charge is -2.39. The first kappa shape index (κ1) is 14.5. The Bertz CT molecular complexity index is 421. The largest absolute Gasteiger partial charge is 0.314 e. The van der Waals surface area contributed by atoms with Gasteiger partial charge in [-0.3, -0.25) is 4.90 Å². The van der Waals surface area contributed by atoms with E-state index in [1.807, 2.05) is 11.3 Å². The van der Waals surface area contributed by atoms with E-state index in [4.69, 9.17) is 4.98 Å². The summed E-state index contributed by atoms with van der Waals surface area (Å²) in [7, 11) is 0. The van der Waals surface area contributed by atoms with Crippen molar-refractivity contribution in [2.45, 2.75) is 57.9 Å². The second-order valence-corrected chi connectivity index (χ2v) is 7.68. The summed E-state index contributed by atoms with van der Waals surface area (Å²) in [5.41, 5.74) is 1.50. The van der Waals surface area contributed by atoms with Gasteiger partial charge in [-0.25, -0.2) is 4.98 Å². The van der Waals surface area contributed by atoms with Gasteiger partial charge in [0.05, 0.1) is 11.2 Å². The van der Waals surface area contributed by atoms with E-state index in [1.165, 1.54) is 49.2 Å². The van der Waals surface area contributed by atoms with Crippen LogP contribution in [0, 0.1) is 0 Å². The third-order valence-electron chi connectivity index (χ3n) is 4.78. The first-order valence-electron chi connectivity index (χ1n) is 8.13. The first-order valence-corrected chi connectivity index (χ1v) is 8.94. The summed E-state index contributed by atoms with van der Waals surface area (Å²) in [5.74, 6) is 0. The Labute approximate surface area is 126 Å². The fourth-order valence-corrected chi connectivity index (χ4v) is 4.61. The highest BCUT2D eigenvalue weighted by Crippen LogP contribution is 2.35. The van der Waals surface area contributed by atoms with E-state index < -0.39 is 0 Å². The van der Waals surface area contributed by atoms with Crippen LogP contribution in [0.4, 0.5) is 0 Å². The highest BCUT2D eigenvalue weighted by molar-refractivity contribution is 7.11. The van der Waals surface area contributed by atoms with Crippen molar-refractivity contribution >= 4 is 11.3 Å². The summed E-state index contributed by atoms with van der Waals surface area (Å²) < 4.78 is 0. The van der Waals surface area contributed by atoms with Gasteiger partial charge >= 0.3 is 0 Å². The summed E-state index contributed by atoms with van der Waals surface area (Å²) in [5, 5.41) is 4.78. The van der Waals surface area contributed by atoms with Crippen LogP contribution in [0.25, 0.3) is 0 Å². The number of aromatic nitrogens is 1. The molecule has 0 aromatic carbocycles. The van der Waals surface area contributed by atoms with Gasteiger partial charge in [0.25, 0.3) is 0 Å².